The van der Waals surface area contributed by atoms with Crippen LogP contribution in [0.3, 0.4) is 0 Å². The minimum absolute atomic E-state index is 0.0385. The largest absolute Gasteiger partial charge is 0.483 e. The third-order valence-electron chi connectivity index (χ3n) is 8.02. The molecule has 34 heavy (non-hydrogen) atoms. The molecule has 0 radical (unpaired) electrons. The monoisotopic (exact) mass is 465 g/mol. The summed E-state index contributed by atoms with van der Waals surface area (Å²) in [6.07, 6.45) is 6.41. The van der Waals surface area contributed by atoms with E-state index in [1.165, 1.54) is 4.90 Å². The quantitative estimate of drug-likeness (QED) is 0.592. The van der Waals surface area contributed by atoms with Crippen molar-refractivity contribution in [3.63, 3.8) is 0 Å². The van der Waals surface area contributed by atoms with Gasteiger partial charge in [0.15, 0.2) is 0 Å². The highest BCUT2D eigenvalue weighted by Gasteiger charge is 2.61. The van der Waals surface area contributed by atoms with Gasteiger partial charge >= 0.3 is 0 Å². The molecule has 0 aromatic heterocycles. The molecule has 0 aliphatic carbocycles. The van der Waals surface area contributed by atoms with E-state index in [0.717, 1.165) is 11.1 Å². The van der Waals surface area contributed by atoms with Crippen molar-refractivity contribution in [2.75, 3.05) is 11.9 Å². The lowest BCUT2D eigenvalue weighted by atomic mass is 9.59. The fourth-order valence-corrected chi connectivity index (χ4v) is 5.87. The Kier molecular flexibility index (Phi) is 4.63. The summed E-state index contributed by atoms with van der Waals surface area (Å²) in [5.74, 6) is -0.557. The second-order valence-electron chi connectivity index (χ2n) is 10.9. The number of nitrogens with zero attached hydrogens (tertiary/aromatic N) is 1. The number of rotatable bonds is 4. The summed E-state index contributed by atoms with van der Waals surface area (Å²) in [6, 6.07) is 2.77. The molecule has 1 aromatic rings. The van der Waals surface area contributed by atoms with Gasteiger partial charge in [-0.1, -0.05) is 26.0 Å². The van der Waals surface area contributed by atoms with Crippen LogP contribution in [0.2, 0.25) is 0 Å². The Morgan fingerprint density at radius 3 is 2.71 bits per heavy atom. The van der Waals surface area contributed by atoms with Gasteiger partial charge in [0, 0.05) is 23.9 Å². The molecule has 8 nitrogen and oxygen atoms in total. The third-order valence-corrected chi connectivity index (χ3v) is 8.02. The van der Waals surface area contributed by atoms with E-state index in [1.54, 1.807) is 6.08 Å². The normalized spacial score (nSPS) is 31.3. The van der Waals surface area contributed by atoms with Crippen LogP contribution < -0.4 is 15.4 Å². The highest BCUT2D eigenvalue weighted by molar-refractivity contribution is 6.10. The molecule has 3 amide bonds. The molecule has 3 N–H and O–H groups in total. The van der Waals surface area contributed by atoms with E-state index in [4.69, 9.17) is 4.74 Å². The first-order chi connectivity index (χ1) is 15.9. The first-order valence-corrected chi connectivity index (χ1v) is 11.7. The molecular weight excluding hydrogens is 434 g/mol. The number of aliphatic hydroxyl groups is 1. The summed E-state index contributed by atoms with van der Waals surface area (Å²) in [5.41, 5.74) is -2.05. The molecule has 4 aliphatic heterocycles. The van der Waals surface area contributed by atoms with Gasteiger partial charge in [-0.2, -0.15) is 0 Å². The molecule has 5 rings (SSSR count). The second kappa shape index (κ2) is 6.95. The molecule has 4 heterocycles. The molecular formula is C26H31N3O5. The van der Waals surface area contributed by atoms with Crippen molar-refractivity contribution in [3.8, 4) is 5.75 Å². The van der Waals surface area contributed by atoms with Crippen LogP contribution in [0.25, 0.3) is 6.08 Å². The Bertz CT molecular complexity index is 1170. The molecule has 2 fully saturated rings. The average molecular weight is 466 g/mol. The Hall–Kier alpha value is -3.13. The van der Waals surface area contributed by atoms with Gasteiger partial charge in [0.05, 0.1) is 11.1 Å². The Morgan fingerprint density at radius 2 is 2.00 bits per heavy atom. The summed E-state index contributed by atoms with van der Waals surface area (Å²) in [6.45, 7) is 12.0. The molecule has 0 saturated carbocycles. The van der Waals surface area contributed by atoms with E-state index in [0.29, 0.717) is 24.4 Å². The van der Waals surface area contributed by atoms with Crippen molar-refractivity contribution in [3.05, 3.63) is 42.0 Å². The number of hydrogen-bond acceptors (Lipinski definition) is 5. The van der Waals surface area contributed by atoms with Crippen LogP contribution in [0.15, 0.2) is 30.9 Å². The van der Waals surface area contributed by atoms with Gasteiger partial charge in [0.2, 0.25) is 17.5 Å². The van der Waals surface area contributed by atoms with E-state index in [1.807, 2.05) is 52.0 Å². The highest BCUT2D eigenvalue weighted by atomic mass is 16.5. The molecule has 180 valence electrons. The number of hydrogen-bond donors (Lipinski definition) is 3. The summed E-state index contributed by atoms with van der Waals surface area (Å²) in [5, 5.41) is 16.5. The topological polar surface area (TPSA) is 108 Å². The van der Waals surface area contributed by atoms with Crippen LogP contribution in [-0.4, -0.2) is 51.6 Å². The van der Waals surface area contributed by atoms with Crippen molar-refractivity contribution < 1.29 is 24.2 Å². The molecule has 0 spiro atoms. The standard InChI is InChI=1S/C26H31N3O5/c1-6-23(2,3)25(14-17-20(30)29-13-7-11-26(29,33)22(32)27-17)16-8-9-18-15(19(16)28-21(25)31)10-12-24(4,5)34-18/h6,8-10,12,17,33H,1,7,11,13-14H2,2-5H3,(H,27,32)(H,28,31)/t17-,25-,26-/m0/s1. The maximum Gasteiger partial charge on any atom is 0.274 e. The van der Waals surface area contributed by atoms with Crippen LogP contribution in [0.5, 0.6) is 5.75 Å². The number of benzene rings is 1. The van der Waals surface area contributed by atoms with Gasteiger partial charge in [0.1, 0.15) is 17.4 Å². The van der Waals surface area contributed by atoms with Crippen LogP contribution in [-0.2, 0) is 19.8 Å². The van der Waals surface area contributed by atoms with Crippen molar-refractivity contribution in [2.24, 2.45) is 5.41 Å². The van der Waals surface area contributed by atoms with E-state index in [9.17, 15) is 19.5 Å². The number of ether oxygens (including phenoxy) is 1. The van der Waals surface area contributed by atoms with Gasteiger partial charge in [-0.05, 0) is 50.5 Å². The average Bonchev–Trinajstić information content (AvgIpc) is 3.31. The first-order valence-electron chi connectivity index (χ1n) is 11.7. The van der Waals surface area contributed by atoms with Crippen LogP contribution >= 0.6 is 0 Å². The Morgan fingerprint density at radius 1 is 1.26 bits per heavy atom. The van der Waals surface area contributed by atoms with E-state index in [2.05, 4.69) is 17.2 Å². The minimum atomic E-state index is -1.81. The van der Waals surface area contributed by atoms with E-state index >= 15 is 0 Å². The number of amides is 3. The lowest BCUT2D eigenvalue weighted by Gasteiger charge is -2.46. The van der Waals surface area contributed by atoms with Crippen molar-refractivity contribution in [1.82, 2.24) is 10.2 Å². The zero-order valence-electron chi connectivity index (χ0n) is 20.0. The minimum Gasteiger partial charge on any atom is -0.483 e. The Balaban J connectivity index is 1.62. The summed E-state index contributed by atoms with van der Waals surface area (Å²) < 4.78 is 6.10. The SMILES string of the molecule is C=CC(C)(C)[C@]1(C[C@@H]2NC(=O)[C@@]3(O)CCCN3C2=O)C(=O)Nc2c1ccc1c2C=CC(C)(C)O1. The summed E-state index contributed by atoms with van der Waals surface area (Å²) in [7, 11) is 0. The van der Waals surface area contributed by atoms with Crippen LogP contribution in [0.4, 0.5) is 5.69 Å². The van der Waals surface area contributed by atoms with Gasteiger partial charge in [-0.15, -0.1) is 6.58 Å². The highest BCUT2D eigenvalue weighted by Crippen LogP contribution is 2.56. The van der Waals surface area contributed by atoms with Crippen LogP contribution in [0, 0.1) is 5.41 Å². The molecule has 8 heteroatoms. The van der Waals surface area contributed by atoms with Gasteiger partial charge in [-0.25, -0.2) is 0 Å². The number of carbonyl (C=O) groups excluding carboxylic acids is 3. The zero-order valence-corrected chi connectivity index (χ0v) is 20.0. The maximum absolute atomic E-state index is 13.8. The van der Waals surface area contributed by atoms with Crippen molar-refractivity contribution >= 4 is 29.5 Å². The Labute approximate surface area is 199 Å². The predicted octanol–water partition coefficient (Wildman–Crippen LogP) is 2.47. The third kappa shape index (κ3) is 2.84. The molecule has 4 aliphatic rings. The molecule has 0 bridgehead atoms. The fourth-order valence-electron chi connectivity index (χ4n) is 5.87. The molecule has 3 atom stereocenters. The zero-order chi connectivity index (χ0) is 24.7. The van der Waals surface area contributed by atoms with Crippen molar-refractivity contribution in [1.29, 1.82) is 0 Å². The lowest BCUT2D eigenvalue weighted by molar-refractivity contribution is -0.178. The number of piperazine rings is 1. The fraction of sp³-hybridized carbons (Fsp3) is 0.500. The molecule has 0 unspecified atom stereocenters. The maximum atomic E-state index is 13.8. The summed E-state index contributed by atoms with van der Waals surface area (Å²) in [4.78, 5) is 41.3. The van der Waals surface area contributed by atoms with Crippen molar-refractivity contribution in [2.45, 2.75) is 69.7 Å². The smallest absolute Gasteiger partial charge is 0.274 e. The number of nitrogens with one attached hydrogen (secondary N) is 2. The second-order valence-corrected chi connectivity index (χ2v) is 10.9. The number of allylic oxidation sites excluding steroid dienone is 1. The van der Waals surface area contributed by atoms with Crippen LogP contribution in [0.1, 0.15) is 58.1 Å². The first kappa shape index (κ1) is 22.7. The van der Waals surface area contributed by atoms with Gasteiger partial charge in [-0.3, -0.25) is 14.4 Å². The van der Waals surface area contributed by atoms with E-state index in [-0.39, 0.29) is 24.7 Å². The van der Waals surface area contributed by atoms with Gasteiger partial charge in [0.25, 0.3) is 5.91 Å². The predicted molar refractivity (Wildman–Crippen MR) is 127 cm³/mol. The molecule has 1 aromatic carbocycles. The van der Waals surface area contributed by atoms with E-state index < -0.39 is 34.1 Å². The lowest BCUT2D eigenvalue weighted by Crippen LogP contribution is -2.69. The van der Waals surface area contributed by atoms with Gasteiger partial charge < -0.3 is 25.4 Å². The number of carbonyl (C=O) groups is 3. The summed E-state index contributed by atoms with van der Waals surface area (Å²) >= 11 is 0. The number of anilines is 1. The molecule has 2 saturated heterocycles. The number of fused-ring (bicyclic) bond motifs is 4.